The SMILES string of the molecule is COc1ccccc1/C=N\NC(=O)c1cc2ccccc2cc1OC. The number of hydrogen-bond donors (Lipinski definition) is 1. The molecule has 0 unspecified atom stereocenters. The molecule has 3 aromatic rings. The monoisotopic (exact) mass is 334 g/mol. The summed E-state index contributed by atoms with van der Waals surface area (Å²) in [5, 5.41) is 5.99. The highest BCUT2D eigenvalue weighted by Gasteiger charge is 2.13. The summed E-state index contributed by atoms with van der Waals surface area (Å²) in [7, 11) is 3.13. The largest absolute Gasteiger partial charge is 0.496 e. The predicted octanol–water partition coefficient (Wildman–Crippen LogP) is 3.62. The molecule has 3 rings (SSSR count). The highest BCUT2D eigenvalue weighted by molar-refractivity contribution is 6.02. The number of hydrogen-bond acceptors (Lipinski definition) is 4. The Hall–Kier alpha value is -3.34. The van der Waals surface area contributed by atoms with Gasteiger partial charge in [-0.05, 0) is 35.0 Å². The normalized spacial score (nSPS) is 10.8. The van der Waals surface area contributed by atoms with Crippen LogP contribution in [0.1, 0.15) is 15.9 Å². The van der Waals surface area contributed by atoms with Gasteiger partial charge in [-0.25, -0.2) is 5.43 Å². The van der Waals surface area contributed by atoms with Gasteiger partial charge in [-0.2, -0.15) is 5.10 Å². The third kappa shape index (κ3) is 3.61. The van der Waals surface area contributed by atoms with E-state index in [-0.39, 0.29) is 5.91 Å². The van der Waals surface area contributed by atoms with E-state index in [1.165, 1.54) is 0 Å². The number of rotatable bonds is 5. The van der Waals surface area contributed by atoms with E-state index in [0.29, 0.717) is 17.1 Å². The summed E-state index contributed by atoms with van der Waals surface area (Å²) < 4.78 is 10.6. The maximum absolute atomic E-state index is 12.5. The van der Waals surface area contributed by atoms with Gasteiger partial charge in [0.2, 0.25) is 0 Å². The van der Waals surface area contributed by atoms with Gasteiger partial charge in [0.15, 0.2) is 0 Å². The van der Waals surface area contributed by atoms with Gasteiger partial charge in [0.1, 0.15) is 11.5 Å². The second kappa shape index (κ2) is 7.49. The smallest absolute Gasteiger partial charge is 0.275 e. The maximum atomic E-state index is 12.5. The summed E-state index contributed by atoms with van der Waals surface area (Å²) in [6.07, 6.45) is 1.55. The molecule has 0 aliphatic rings. The van der Waals surface area contributed by atoms with E-state index >= 15 is 0 Å². The van der Waals surface area contributed by atoms with Crippen LogP contribution in [0.15, 0.2) is 65.8 Å². The molecule has 0 radical (unpaired) electrons. The van der Waals surface area contributed by atoms with Gasteiger partial charge in [0.25, 0.3) is 5.91 Å². The first-order valence-electron chi connectivity index (χ1n) is 7.76. The minimum atomic E-state index is -0.339. The number of para-hydroxylation sites is 1. The Balaban J connectivity index is 1.83. The van der Waals surface area contributed by atoms with Crippen LogP contribution in [0.25, 0.3) is 10.8 Å². The molecule has 0 aliphatic carbocycles. The molecule has 1 amide bonds. The Morgan fingerprint density at radius 1 is 0.920 bits per heavy atom. The van der Waals surface area contributed by atoms with Crippen LogP contribution in [-0.4, -0.2) is 26.3 Å². The molecule has 126 valence electrons. The summed E-state index contributed by atoms with van der Waals surface area (Å²) in [6, 6.07) is 18.8. The lowest BCUT2D eigenvalue weighted by Gasteiger charge is -2.09. The van der Waals surface area contributed by atoms with Crippen molar-refractivity contribution in [1.82, 2.24) is 5.43 Å². The molecule has 0 saturated heterocycles. The molecule has 0 aromatic heterocycles. The minimum Gasteiger partial charge on any atom is -0.496 e. The zero-order valence-electron chi connectivity index (χ0n) is 14.0. The molecule has 5 nitrogen and oxygen atoms in total. The number of hydrazone groups is 1. The van der Waals surface area contributed by atoms with Gasteiger partial charge >= 0.3 is 0 Å². The quantitative estimate of drug-likeness (QED) is 0.573. The predicted molar refractivity (Wildman–Crippen MR) is 98.6 cm³/mol. The Kier molecular flexibility index (Phi) is 4.95. The van der Waals surface area contributed by atoms with Crippen molar-refractivity contribution in [1.29, 1.82) is 0 Å². The summed E-state index contributed by atoms with van der Waals surface area (Å²) in [5.41, 5.74) is 3.74. The van der Waals surface area contributed by atoms with E-state index in [1.54, 1.807) is 26.5 Å². The van der Waals surface area contributed by atoms with Crippen molar-refractivity contribution in [2.45, 2.75) is 0 Å². The molecule has 0 atom stereocenters. The van der Waals surface area contributed by atoms with Crippen LogP contribution in [0.3, 0.4) is 0 Å². The zero-order chi connectivity index (χ0) is 17.6. The minimum absolute atomic E-state index is 0.339. The fraction of sp³-hybridized carbons (Fsp3) is 0.100. The summed E-state index contributed by atoms with van der Waals surface area (Å²) in [6.45, 7) is 0. The number of amides is 1. The number of benzene rings is 3. The van der Waals surface area contributed by atoms with Crippen molar-refractivity contribution in [3.63, 3.8) is 0 Å². The molecular formula is C20H18N2O3. The average molecular weight is 334 g/mol. The van der Waals surface area contributed by atoms with E-state index in [1.807, 2.05) is 54.6 Å². The highest BCUT2D eigenvalue weighted by atomic mass is 16.5. The van der Waals surface area contributed by atoms with Gasteiger partial charge < -0.3 is 9.47 Å². The highest BCUT2D eigenvalue weighted by Crippen LogP contribution is 2.25. The summed E-state index contributed by atoms with van der Waals surface area (Å²) >= 11 is 0. The Morgan fingerprint density at radius 2 is 1.56 bits per heavy atom. The first kappa shape index (κ1) is 16.5. The molecule has 0 saturated carbocycles. The Labute approximate surface area is 145 Å². The lowest BCUT2D eigenvalue weighted by atomic mass is 10.1. The van der Waals surface area contributed by atoms with Crippen molar-refractivity contribution >= 4 is 22.9 Å². The van der Waals surface area contributed by atoms with Crippen LogP contribution in [0.4, 0.5) is 0 Å². The van der Waals surface area contributed by atoms with E-state index < -0.39 is 0 Å². The Bertz CT molecular complexity index is 935. The first-order valence-corrected chi connectivity index (χ1v) is 7.76. The zero-order valence-corrected chi connectivity index (χ0v) is 14.0. The molecule has 0 heterocycles. The summed E-state index contributed by atoms with van der Waals surface area (Å²) in [5.74, 6) is 0.848. The number of nitrogens with one attached hydrogen (secondary N) is 1. The molecule has 3 aromatic carbocycles. The maximum Gasteiger partial charge on any atom is 0.275 e. The van der Waals surface area contributed by atoms with Crippen LogP contribution in [-0.2, 0) is 0 Å². The fourth-order valence-corrected chi connectivity index (χ4v) is 2.56. The van der Waals surface area contributed by atoms with Crippen LogP contribution in [0, 0.1) is 0 Å². The van der Waals surface area contributed by atoms with Crippen molar-refractivity contribution in [2.75, 3.05) is 14.2 Å². The van der Waals surface area contributed by atoms with Crippen molar-refractivity contribution in [2.24, 2.45) is 5.10 Å². The van der Waals surface area contributed by atoms with E-state index in [0.717, 1.165) is 16.3 Å². The molecule has 0 aliphatic heterocycles. The molecule has 25 heavy (non-hydrogen) atoms. The van der Waals surface area contributed by atoms with Crippen molar-refractivity contribution in [3.05, 3.63) is 71.8 Å². The van der Waals surface area contributed by atoms with Gasteiger partial charge in [-0.1, -0.05) is 36.4 Å². The lowest BCUT2D eigenvalue weighted by molar-refractivity contribution is 0.0952. The Morgan fingerprint density at radius 3 is 2.28 bits per heavy atom. The molecule has 0 bridgehead atoms. The van der Waals surface area contributed by atoms with Crippen LogP contribution >= 0.6 is 0 Å². The molecule has 1 N–H and O–H groups in total. The molecule has 0 spiro atoms. The van der Waals surface area contributed by atoms with E-state index in [9.17, 15) is 4.79 Å². The average Bonchev–Trinajstić information content (AvgIpc) is 2.67. The second-order valence-electron chi connectivity index (χ2n) is 5.34. The van der Waals surface area contributed by atoms with Crippen LogP contribution in [0.2, 0.25) is 0 Å². The number of nitrogens with zero attached hydrogens (tertiary/aromatic N) is 1. The third-order valence-corrected chi connectivity index (χ3v) is 3.82. The fourth-order valence-electron chi connectivity index (χ4n) is 2.56. The number of carbonyl (C=O) groups excluding carboxylic acids is 1. The van der Waals surface area contributed by atoms with Crippen molar-refractivity contribution < 1.29 is 14.3 Å². The van der Waals surface area contributed by atoms with Gasteiger partial charge in [-0.15, -0.1) is 0 Å². The van der Waals surface area contributed by atoms with E-state index in [4.69, 9.17) is 9.47 Å². The number of carbonyl (C=O) groups is 1. The van der Waals surface area contributed by atoms with Gasteiger partial charge in [0.05, 0.1) is 26.0 Å². The van der Waals surface area contributed by atoms with Crippen molar-refractivity contribution in [3.8, 4) is 11.5 Å². The first-order chi connectivity index (χ1) is 12.2. The molecular weight excluding hydrogens is 316 g/mol. The summed E-state index contributed by atoms with van der Waals surface area (Å²) in [4.78, 5) is 12.5. The van der Waals surface area contributed by atoms with Crippen LogP contribution < -0.4 is 14.9 Å². The number of methoxy groups -OCH3 is 2. The molecule has 0 fully saturated rings. The second-order valence-corrected chi connectivity index (χ2v) is 5.34. The van der Waals surface area contributed by atoms with Gasteiger partial charge in [0, 0.05) is 5.56 Å². The van der Waals surface area contributed by atoms with E-state index in [2.05, 4.69) is 10.5 Å². The number of fused-ring (bicyclic) bond motifs is 1. The number of ether oxygens (including phenoxy) is 2. The van der Waals surface area contributed by atoms with Crippen LogP contribution in [0.5, 0.6) is 11.5 Å². The molecule has 5 heteroatoms. The van der Waals surface area contributed by atoms with Gasteiger partial charge in [-0.3, -0.25) is 4.79 Å². The standard InChI is InChI=1S/C20H18N2O3/c1-24-18-10-6-5-9-16(18)13-21-22-20(23)17-11-14-7-3-4-8-15(14)12-19(17)25-2/h3-13H,1-2H3,(H,22,23)/b21-13-. The lowest BCUT2D eigenvalue weighted by Crippen LogP contribution is -2.18. The topological polar surface area (TPSA) is 59.9 Å². The third-order valence-electron chi connectivity index (χ3n) is 3.82.